The van der Waals surface area contributed by atoms with E-state index in [9.17, 15) is 9.59 Å². The molecule has 3 rings (SSSR count). The topological polar surface area (TPSA) is 61.8 Å². The number of carbonyl (C=O) groups is 2. The predicted octanol–water partition coefficient (Wildman–Crippen LogP) is 5.66. The summed E-state index contributed by atoms with van der Waals surface area (Å²) in [5, 5.41) is 0. The van der Waals surface area contributed by atoms with E-state index in [1.807, 2.05) is 19.1 Å². The zero-order valence-corrected chi connectivity index (χ0v) is 20.1. The molecule has 1 saturated carbocycles. The maximum atomic E-state index is 11.9. The Bertz CT molecular complexity index is 758. The molecule has 32 heavy (non-hydrogen) atoms. The summed E-state index contributed by atoms with van der Waals surface area (Å²) in [5.41, 5.74) is 2.63. The first-order valence-corrected chi connectivity index (χ1v) is 12.6. The van der Waals surface area contributed by atoms with Crippen LogP contribution in [0.2, 0.25) is 0 Å². The highest BCUT2D eigenvalue weighted by atomic mass is 16.6. The van der Waals surface area contributed by atoms with Gasteiger partial charge in [0.1, 0.15) is 11.9 Å². The van der Waals surface area contributed by atoms with Crippen LogP contribution in [0, 0.1) is 17.8 Å². The fourth-order valence-corrected chi connectivity index (χ4v) is 5.62. The Morgan fingerprint density at radius 3 is 2.66 bits per heavy atom. The van der Waals surface area contributed by atoms with Gasteiger partial charge in [-0.3, -0.25) is 4.79 Å². The number of hydrogen-bond acceptors (Lipinski definition) is 5. The van der Waals surface area contributed by atoms with Gasteiger partial charge in [0.25, 0.3) is 0 Å². The zero-order valence-electron chi connectivity index (χ0n) is 20.1. The van der Waals surface area contributed by atoms with Crippen LogP contribution >= 0.6 is 0 Å². The van der Waals surface area contributed by atoms with Crippen LogP contribution in [0.25, 0.3) is 0 Å². The molecule has 0 aliphatic heterocycles. The van der Waals surface area contributed by atoms with Crippen LogP contribution in [0.3, 0.4) is 0 Å². The molecule has 0 unspecified atom stereocenters. The Labute approximate surface area is 193 Å². The smallest absolute Gasteiger partial charge is 0.343 e. The van der Waals surface area contributed by atoms with Crippen molar-refractivity contribution < 1.29 is 23.8 Å². The summed E-state index contributed by atoms with van der Waals surface area (Å²) in [5.74, 6) is 2.47. The molecule has 0 N–H and O–H groups in total. The summed E-state index contributed by atoms with van der Waals surface area (Å²) in [4.78, 5) is 23.4. The van der Waals surface area contributed by atoms with Crippen molar-refractivity contribution in [2.75, 3.05) is 13.7 Å². The second-order valence-corrected chi connectivity index (χ2v) is 9.47. The molecule has 0 spiro atoms. The highest BCUT2D eigenvalue weighted by Gasteiger charge is 2.40. The standard InChI is InChI=1S/C27H40O5/c1-4-6-7-10-22(32-26(28)5-2)15-14-19-12-13-21-17-24-20(16-23(19)21)9-8-11-25(24)31-18-27(29)30-3/h8-9,11,19,21-23H,4-7,10,12-18H2,1-3H3/t19-,21-,22-,23-/m1/s1. The first kappa shape index (κ1) is 24.6. The van der Waals surface area contributed by atoms with Crippen molar-refractivity contribution in [2.24, 2.45) is 17.8 Å². The summed E-state index contributed by atoms with van der Waals surface area (Å²) in [7, 11) is 1.38. The second-order valence-electron chi connectivity index (χ2n) is 9.47. The van der Waals surface area contributed by atoms with Gasteiger partial charge in [-0.05, 0) is 86.3 Å². The Morgan fingerprint density at radius 1 is 1.06 bits per heavy atom. The highest BCUT2D eigenvalue weighted by molar-refractivity contribution is 5.71. The maximum Gasteiger partial charge on any atom is 0.343 e. The van der Waals surface area contributed by atoms with E-state index in [0.717, 1.165) is 44.3 Å². The number of rotatable bonds is 12. The molecule has 0 radical (unpaired) electrons. The molecule has 0 saturated heterocycles. The second kappa shape index (κ2) is 12.3. The van der Waals surface area contributed by atoms with Crippen LogP contribution in [0.5, 0.6) is 5.75 Å². The number of ether oxygens (including phenoxy) is 3. The molecule has 1 fully saturated rings. The lowest BCUT2D eigenvalue weighted by molar-refractivity contribution is -0.149. The lowest BCUT2D eigenvalue weighted by Gasteiger charge is -2.32. The van der Waals surface area contributed by atoms with Crippen LogP contribution in [0.15, 0.2) is 18.2 Å². The number of unbranched alkanes of at least 4 members (excludes halogenated alkanes) is 2. The number of methoxy groups -OCH3 is 1. The van der Waals surface area contributed by atoms with E-state index in [-0.39, 0.29) is 24.6 Å². The molecule has 0 aromatic heterocycles. The molecule has 5 nitrogen and oxygen atoms in total. The minimum absolute atomic E-state index is 0.0421. The number of hydrogen-bond donors (Lipinski definition) is 0. The lowest BCUT2D eigenvalue weighted by Crippen LogP contribution is -2.27. The molecule has 2 aliphatic rings. The molecule has 1 aromatic carbocycles. The quantitative estimate of drug-likeness (QED) is 0.307. The third-order valence-electron chi connectivity index (χ3n) is 7.42. The summed E-state index contributed by atoms with van der Waals surface area (Å²) in [6, 6.07) is 6.21. The fourth-order valence-electron chi connectivity index (χ4n) is 5.62. The van der Waals surface area contributed by atoms with Gasteiger partial charge < -0.3 is 14.2 Å². The number of benzene rings is 1. The van der Waals surface area contributed by atoms with E-state index < -0.39 is 0 Å². The normalized spacial score (nSPS) is 22.5. The van der Waals surface area contributed by atoms with Crippen LogP contribution in [-0.4, -0.2) is 31.8 Å². The number of fused-ring (bicyclic) bond motifs is 2. The maximum absolute atomic E-state index is 11.9. The van der Waals surface area contributed by atoms with Crippen molar-refractivity contribution in [3.8, 4) is 5.75 Å². The third kappa shape index (κ3) is 6.49. The first-order chi connectivity index (χ1) is 15.5. The summed E-state index contributed by atoms with van der Waals surface area (Å²) in [6.07, 6.45) is 11.8. The van der Waals surface area contributed by atoms with Gasteiger partial charge in [-0.15, -0.1) is 0 Å². The molecule has 0 heterocycles. The molecular weight excluding hydrogens is 404 g/mol. The van der Waals surface area contributed by atoms with Gasteiger partial charge in [0.2, 0.25) is 0 Å². The van der Waals surface area contributed by atoms with Gasteiger partial charge in [0, 0.05) is 6.42 Å². The average molecular weight is 445 g/mol. The third-order valence-corrected chi connectivity index (χ3v) is 7.42. The van der Waals surface area contributed by atoms with E-state index in [2.05, 4.69) is 13.0 Å². The van der Waals surface area contributed by atoms with Crippen molar-refractivity contribution in [1.82, 2.24) is 0 Å². The Hall–Kier alpha value is -2.04. The van der Waals surface area contributed by atoms with Crippen LogP contribution in [0.1, 0.15) is 82.8 Å². The summed E-state index contributed by atoms with van der Waals surface area (Å²) >= 11 is 0. The molecule has 178 valence electrons. The molecule has 0 bridgehead atoms. The van der Waals surface area contributed by atoms with Crippen LogP contribution in [0.4, 0.5) is 0 Å². The van der Waals surface area contributed by atoms with Gasteiger partial charge in [-0.25, -0.2) is 4.79 Å². The number of esters is 2. The summed E-state index contributed by atoms with van der Waals surface area (Å²) in [6.45, 7) is 4.04. The van der Waals surface area contributed by atoms with Crippen LogP contribution < -0.4 is 4.74 Å². The van der Waals surface area contributed by atoms with Gasteiger partial charge in [-0.2, -0.15) is 0 Å². The average Bonchev–Trinajstić information content (AvgIpc) is 3.21. The SMILES string of the molecule is CCCCC[C@H](CC[C@H]1CC[C@@H]2Cc3c(cccc3OCC(=O)OC)C[C@H]12)OC(=O)CC. The largest absolute Gasteiger partial charge is 0.482 e. The van der Waals surface area contributed by atoms with Gasteiger partial charge in [-0.1, -0.05) is 38.8 Å². The van der Waals surface area contributed by atoms with E-state index in [4.69, 9.17) is 14.2 Å². The van der Waals surface area contributed by atoms with E-state index in [1.54, 1.807) is 0 Å². The zero-order chi connectivity index (χ0) is 22.9. The molecule has 1 aromatic rings. The van der Waals surface area contributed by atoms with Crippen molar-refractivity contribution in [1.29, 1.82) is 0 Å². The molecule has 4 atom stereocenters. The van der Waals surface area contributed by atoms with Gasteiger partial charge in [0.05, 0.1) is 7.11 Å². The minimum Gasteiger partial charge on any atom is -0.482 e. The first-order valence-electron chi connectivity index (χ1n) is 12.6. The molecule has 0 amide bonds. The fraction of sp³-hybridized carbons (Fsp3) is 0.704. The van der Waals surface area contributed by atoms with Crippen molar-refractivity contribution >= 4 is 11.9 Å². The van der Waals surface area contributed by atoms with Crippen molar-refractivity contribution in [3.05, 3.63) is 29.3 Å². The van der Waals surface area contributed by atoms with Crippen LogP contribution in [-0.2, 0) is 31.9 Å². The van der Waals surface area contributed by atoms with Gasteiger partial charge in [0.15, 0.2) is 6.61 Å². The van der Waals surface area contributed by atoms with Gasteiger partial charge >= 0.3 is 11.9 Å². The highest BCUT2D eigenvalue weighted by Crippen LogP contribution is 2.48. The van der Waals surface area contributed by atoms with E-state index in [0.29, 0.717) is 24.2 Å². The van der Waals surface area contributed by atoms with E-state index in [1.165, 1.54) is 43.9 Å². The predicted molar refractivity (Wildman–Crippen MR) is 125 cm³/mol. The molecule has 2 aliphatic carbocycles. The number of carbonyl (C=O) groups excluding carboxylic acids is 2. The Morgan fingerprint density at radius 2 is 1.91 bits per heavy atom. The van der Waals surface area contributed by atoms with E-state index >= 15 is 0 Å². The molecular formula is C27H40O5. The monoisotopic (exact) mass is 444 g/mol. The minimum atomic E-state index is -0.352. The Kier molecular flexibility index (Phi) is 9.43. The van der Waals surface area contributed by atoms with Crippen molar-refractivity contribution in [2.45, 2.75) is 90.6 Å². The Balaban J connectivity index is 1.60. The summed E-state index contributed by atoms with van der Waals surface area (Å²) < 4.78 is 16.3. The lowest BCUT2D eigenvalue weighted by atomic mass is 9.73. The molecule has 5 heteroatoms. The van der Waals surface area contributed by atoms with Crippen molar-refractivity contribution in [3.63, 3.8) is 0 Å².